The first-order chi connectivity index (χ1) is 7.69. The fourth-order valence-electron chi connectivity index (χ4n) is 1.95. The number of hydrogen-bond acceptors (Lipinski definition) is 1. The number of benzene rings is 2. The summed E-state index contributed by atoms with van der Waals surface area (Å²) in [7, 11) is 0. The summed E-state index contributed by atoms with van der Waals surface area (Å²) in [5.41, 5.74) is 11.7. The van der Waals surface area contributed by atoms with Crippen LogP contribution in [-0.4, -0.2) is 0 Å². The van der Waals surface area contributed by atoms with Crippen molar-refractivity contribution >= 4 is 5.69 Å². The lowest BCUT2D eigenvalue weighted by molar-refractivity contribution is 1.14. The molecule has 0 fully saturated rings. The van der Waals surface area contributed by atoms with E-state index in [2.05, 4.69) is 44.2 Å². The highest BCUT2D eigenvalue weighted by Crippen LogP contribution is 2.24. The molecule has 0 saturated heterocycles. The molecule has 2 aromatic rings. The van der Waals surface area contributed by atoms with Gasteiger partial charge in [0.1, 0.15) is 0 Å². The first kappa shape index (κ1) is 10.7. The van der Waals surface area contributed by atoms with Gasteiger partial charge in [0.15, 0.2) is 0 Å². The van der Waals surface area contributed by atoms with Crippen LogP contribution >= 0.6 is 0 Å². The third kappa shape index (κ3) is 2.25. The van der Waals surface area contributed by atoms with Crippen molar-refractivity contribution in [3.05, 3.63) is 53.6 Å². The Morgan fingerprint density at radius 3 is 2.50 bits per heavy atom. The van der Waals surface area contributed by atoms with Crippen LogP contribution in [0.15, 0.2) is 42.5 Å². The van der Waals surface area contributed by atoms with E-state index in [1.807, 2.05) is 12.1 Å². The predicted octanol–water partition coefficient (Wildman–Crippen LogP) is 3.81. The minimum atomic E-state index is 0.830. The highest BCUT2D eigenvalue weighted by molar-refractivity contribution is 5.69. The second kappa shape index (κ2) is 4.40. The Balaban J connectivity index is 2.49. The molecular formula is C15H17N. The molecule has 0 radical (unpaired) electrons. The van der Waals surface area contributed by atoms with Gasteiger partial charge in [-0.05, 0) is 47.7 Å². The van der Waals surface area contributed by atoms with Crippen molar-refractivity contribution in [2.75, 3.05) is 5.73 Å². The van der Waals surface area contributed by atoms with Crippen LogP contribution in [-0.2, 0) is 6.42 Å². The quantitative estimate of drug-likeness (QED) is 0.751. The van der Waals surface area contributed by atoms with Crippen molar-refractivity contribution in [3.8, 4) is 11.1 Å². The molecule has 1 nitrogen and oxygen atoms in total. The molecule has 82 valence electrons. The summed E-state index contributed by atoms with van der Waals surface area (Å²) in [5, 5.41) is 0. The number of rotatable bonds is 2. The zero-order chi connectivity index (χ0) is 11.5. The van der Waals surface area contributed by atoms with Gasteiger partial charge in [-0.3, -0.25) is 0 Å². The Hall–Kier alpha value is -1.76. The van der Waals surface area contributed by atoms with Crippen LogP contribution in [0, 0.1) is 6.92 Å². The molecule has 0 aliphatic carbocycles. The lowest BCUT2D eigenvalue weighted by Crippen LogP contribution is -1.88. The summed E-state index contributed by atoms with van der Waals surface area (Å²) in [6.07, 6.45) is 1.06. The number of nitrogens with two attached hydrogens (primary N) is 1. The van der Waals surface area contributed by atoms with Crippen LogP contribution in [0.1, 0.15) is 18.1 Å². The van der Waals surface area contributed by atoms with Crippen LogP contribution in [0.3, 0.4) is 0 Å². The van der Waals surface area contributed by atoms with Crippen molar-refractivity contribution in [2.24, 2.45) is 0 Å². The number of anilines is 1. The van der Waals surface area contributed by atoms with E-state index in [-0.39, 0.29) is 0 Å². The molecule has 2 N–H and O–H groups in total. The number of hydrogen-bond donors (Lipinski definition) is 1. The van der Waals surface area contributed by atoms with E-state index >= 15 is 0 Å². The van der Waals surface area contributed by atoms with Gasteiger partial charge < -0.3 is 5.73 Å². The molecule has 2 rings (SSSR count). The normalized spacial score (nSPS) is 10.4. The van der Waals surface area contributed by atoms with E-state index in [0.717, 1.165) is 12.1 Å². The molecule has 0 bridgehead atoms. The molecule has 0 aliphatic heterocycles. The van der Waals surface area contributed by atoms with Crippen LogP contribution in [0.4, 0.5) is 5.69 Å². The maximum atomic E-state index is 5.87. The Morgan fingerprint density at radius 2 is 1.81 bits per heavy atom. The average Bonchev–Trinajstić information content (AvgIpc) is 2.28. The number of nitrogen functional groups attached to an aromatic ring is 1. The minimum absolute atomic E-state index is 0.830. The van der Waals surface area contributed by atoms with Gasteiger partial charge in [0, 0.05) is 5.69 Å². The molecule has 0 aromatic heterocycles. The first-order valence-electron chi connectivity index (χ1n) is 5.65. The predicted molar refractivity (Wildman–Crippen MR) is 70.4 cm³/mol. The molecule has 0 unspecified atom stereocenters. The summed E-state index contributed by atoms with van der Waals surface area (Å²) in [6, 6.07) is 14.8. The van der Waals surface area contributed by atoms with Crippen molar-refractivity contribution < 1.29 is 0 Å². The Labute approximate surface area is 96.9 Å². The van der Waals surface area contributed by atoms with Crippen LogP contribution in [0.2, 0.25) is 0 Å². The summed E-state index contributed by atoms with van der Waals surface area (Å²) in [4.78, 5) is 0. The molecule has 0 amide bonds. The SMILES string of the molecule is CCc1cccc(-c2cc(C)cc(N)c2)c1. The van der Waals surface area contributed by atoms with E-state index in [9.17, 15) is 0 Å². The highest BCUT2D eigenvalue weighted by atomic mass is 14.5. The topological polar surface area (TPSA) is 26.0 Å². The fourth-order valence-corrected chi connectivity index (χ4v) is 1.95. The lowest BCUT2D eigenvalue weighted by Gasteiger charge is -2.06. The maximum absolute atomic E-state index is 5.87. The van der Waals surface area contributed by atoms with Gasteiger partial charge in [-0.1, -0.05) is 37.3 Å². The maximum Gasteiger partial charge on any atom is 0.0322 e. The standard InChI is InChI=1S/C15H17N/c1-3-12-5-4-6-13(9-12)14-7-11(2)8-15(16)10-14/h4-10H,3,16H2,1-2H3. The first-order valence-corrected chi connectivity index (χ1v) is 5.65. The molecule has 0 atom stereocenters. The van der Waals surface area contributed by atoms with Crippen molar-refractivity contribution in [1.82, 2.24) is 0 Å². The third-order valence-corrected chi connectivity index (χ3v) is 2.77. The number of aryl methyl sites for hydroxylation is 2. The van der Waals surface area contributed by atoms with Gasteiger partial charge in [0.25, 0.3) is 0 Å². The second-order valence-corrected chi connectivity index (χ2v) is 4.19. The third-order valence-electron chi connectivity index (χ3n) is 2.77. The van der Waals surface area contributed by atoms with Gasteiger partial charge in [-0.15, -0.1) is 0 Å². The molecule has 0 aliphatic rings. The lowest BCUT2D eigenvalue weighted by atomic mass is 10.00. The molecule has 0 spiro atoms. The summed E-state index contributed by atoms with van der Waals surface area (Å²) in [5.74, 6) is 0. The van der Waals surface area contributed by atoms with E-state index in [4.69, 9.17) is 5.73 Å². The van der Waals surface area contributed by atoms with E-state index in [1.165, 1.54) is 22.3 Å². The van der Waals surface area contributed by atoms with E-state index in [1.54, 1.807) is 0 Å². The molecule has 0 heterocycles. The van der Waals surface area contributed by atoms with Crippen LogP contribution in [0.25, 0.3) is 11.1 Å². The zero-order valence-electron chi connectivity index (χ0n) is 9.83. The molecule has 16 heavy (non-hydrogen) atoms. The van der Waals surface area contributed by atoms with Crippen molar-refractivity contribution in [1.29, 1.82) is 0 Å². The van der Waals surface area contributed by atoms with E-state index in [0.29, 0.717) is 0 Å². The Morgan fingerprint density at radius 1 is 1.00 bits per heavy atom. The zero-order valence-corrected chi connectivity index (χ0v) is 9.83. The smallest absolute Gasteiger partial charge is 0.0322 e. The summed E-state index contributed by atoms with van der Waals surface area (Å²) in [6.45, 7) is 4.24. The van der Waals surface area contributed by atoms with Gasteiger partial charge in [0.2, 0.25) is 0 Å². The monoisotopic (exact) mass is 211 g/mol. The van der Waals surface area contributed by atoms with Gasteiger partial charge >= 0.3 is 0 Å². The highest BCUT2D eigenvalue weighted by Gasteiger charge is 2.00. The van der Waals surface area contributed by atoms with E-state index < -0.39 is 0 Å². The summed E-state index contributed by atoms with van der Waals surface area (Å²) >= 11 is 0. The van der Waals surface area contributed by atoms with Gasteiger partial charge in [-0.2, -0.15) is 0 Å². The largest absolute Gasteiger partial charge is 0.399 e. The van der Waals surface area contributed by atoms with Crippen molar-refractivity contribution in [2.45, 2.75) is 20.3 Å². The fraction of sp³-hybridized carbons (Fsp3) is 0.200. The van der Waals surface area contributed by atoms with Gasteiger partial charge in [0.05, 0.1) is 0 Å². The van der Waals surface area contributed by atoms with Crippen LogP contribution < -0.4 is 5.73 Å². The minimum Gasteiger partial charge on any atom is -0.399 e. The van der Waals surface area contributed by atoms with Gasteiger partial charge in [-0.25, -0.2) is 0 Å². The van der Waals surface area contributed by atoms with Crippen molar-refractivity contribution in [3.63, 3.8) is 0 Å². The summed E-state index contributed by atoms with van der Waals surface area (Å²) < 4.78 is 0. The van der Waals surface area contributed by atoms with Crippen LogP contribution in [0.5, 0.6) is 0 Å². The second-order valence-electron chi connectivity index (χ2n) is 4.19. The molecule has 2 aromatic carbocycles. The average molecular weight is 211 g/mol. The molecular weight excluding hydrogens is 194 g/mol. The Kier molecular flexibility index (Phi) is 2.95. The molecule has 0 saturated carbocycles. The molecule has 1 heteroatoms. The Bertz CT molecular complexity index is 480.